The van der Waals surface area contributed by atoms with E-state index in [2.05, 4.69) is 216 Å². The third-order valence-corrected chi connectivity index (χ3v) is 12.3. The highest BCUT2D eigenvalue weighted by Gasteiger charge is 2.52. The molecule has 10 aromatic rings. The molecule has 0 radical (unpaired) electrons. The van der Waals surface area contributed by atoms with Crippen molar-refractivity contribution in [2.45, 2.75) is 5.41 Å². The van der Waals surface area contributed by atoms with Crippen LogP contribution >= 0.6 is 0 Å². The van der Waals surface area contributed by atoms with Crippen LogP contribution in [0, 0.1) is 0 Å². The summed E-state index contributed by atoms with van der Waals surface area (Å²) in [6, 6.07) is 79.3. The molecule has 1 aromatic heterocycles. The highest BCUT2D eigenvalue weighted by atomic mass is 16.3. The van der Waals surface area contributed by atoms with E-state index in [-0.39, 0.29) is 0 Å². The molecule has 1 aliphatic heterocycles. The molecule has 1 spiro atoms. The number of anilines is 6. The van der Waals surface area contributed by atoms with Crippen LogP contribution in [-0.2, 0) is 5.41 Å². The quantitative estimate of drug-likeness (QED) is 0.175. The van der Waals surface area contributed by atoms with Crippen molar-refractivity contribution in [3.63, 3.8) is 0 Å². The molecule has 12 rings (SSSR count). The second-order valence-electron chi connectivity index (χ2n) is 15.2. The highest BCUT2D eigenvalue weighted by Crippen LogP contribution is 2.65. The Morgan fingerprint density at radius 3 is 1.72 bits per heavy atom. The largest absolute Gasteiger partial charge is 0.456 e. The van der Waals surface area contributed by atoms with Gasteiger partial charge in [-0.3, -0.25) is 0 Å². The molecule has 0 atom stereocenters. The normalized spacial score (nSPS) is 13.3. The van der Waals surface area contributed by atoms with Crippen molar-refractivity contribution in [1.29, 1.82) is 0 Å². The van der Waals surface area contributed by atoms with Gasteiger partial charge >= 0.3 is 0 Å². The van der Waals surface area contributed by atoms with Crippen LogP contribution in [0.1, 0.15) is 22.3 Å². The number of hydrogen-bond donors (Lipinski definition) is 0. The molecular formula is C55H36N2O. The van der Waals surface area contributed by atoms with Gasteiger partial charge in [-0.05, 0) is 106 Å². The summed E-state index contributed by atoms with van der Waals surface area (Å²) in [6.45, 7) is 0. The molecule has 58 heavy (non-hydrogen) atoms. The van der Waals surface area contributed by atoms with Crippen LogP contribution < -0.4 is 9.80 Å². The fraction of sp³-hybridized carbons (Fsp3) is 0.0182. The van der Waals surface area contributed by atoms with Gasteiger partial charge in [-0.25, -0.2) is 0 Å². The molecule has 0 bridgehead atoms. The molecular weight excluding hydrogens is 705 g/mol. The van der Waals surface area contributed by atoms with Crippen LogP contribution in [0.2, 0.25) is 0 Å². The Morgan fingerprint density at radius 2 is 0.966 bits per heavy atom. The summed E-state index contributed by atoms with van der Waals surface area (Å²) in [4.78, 5) is 4.88. The van der Waals surface area contributed by atoms with Crippen molar-refractivity contribution in [2.24, 2.45) is 0 Å². The summed E-state index contributed by atoms with van der Waals surface area (Å²) in [6.07, 6.45) is 0. The number of rotatable bonds is 5. The van der Waals surface area contributed by atoms with Gasteiger partial charge in [0, 0.05) is 33.4 Å². The summed E-state index contributed by atoms with van der Waals surface area (Å²) in [5.41, 5.74) is 18.0. The molecule has 272 valence electrons. The van der Waals surface area contributed by atoms with E-state index < -0.39 is 5.41 Å². The van der Waals surface area contributed by atoms with Crippen molar-refractivity contribution in [2.75, 3.05) is 9.80 Å². The Bertz CT molecular complexity index is 3140. The third kappa shape index (κ3) is 4.62. The van der Waals surface area contributed by atoms with Crippen molar-refractivity contribution >= 4 is 56.1 Å². The number of hydrogen-bond acceptors (Lipinski definition) is 3. The lowest BCUT2D eigenvalue weighted by molar-refractivity contribution is 0.669. The first-order chi connectivity index (χ1) is 28.8. The van der Waals surface area contributed by atoms with Gasteiger partial charge < -0.3 is 14.2 Å². The minimum atomic E-state index is -0.562. The number of benzene rings is 9. The molecule has 1 aliphatic carbocycles. The molecule has 0 fully saturated rings. The van der Waals surface area contributed by atoms with E-state index in [0.717, 1.165) is 44.7 Å². The number of furan rings is 1. The molecule has 0 amide bonds. The summed E-state index contributed by atoms with van der Waals surface area (Å²) in [5.74, 6) is 0. The fourth-order valence-electron chi connectivity index (χ4n) is 9.89. The van der Waals surface area contributed by atoms with Crippen molar-refractivity contribution in [3.05, 3.63) is 241 Å². The lowest BCUT2D eigenvalue weighted by atomic mass is 9.64. The average molecular weight is 741 g/mol. The molecule has 2 aliphatic rings. The Kier molecular flexibility index (Phi) is 7.14. The predicted octanol–water partition coefficient (Wildman–Crippen LogP) is 14.9. The second kappa shape index (κ2) is 12.7. The summed E-state index contributed by atoms with van der Waals surface area (Å²) in [5, 5.41) is 2.21. The molecule has 9 aromatic carbocycles. The lowest BCUT2D eigenvalue weighted by Gasteiger charge is -2.45. The SMILES string of the molecule is c1ccc(-c2ccc(N(c3ccc4oc5ccccc5c4c3)c3cccc4c3-c3ccccc3C43c4ccccc4N(c4ccccc4)c4ccccc43)cc2)cc1. The summed E-state index contributed by atoms with van der Waals surface area (Å²) in [7, 11) is 0. The first-order valence-corrected chi connectivity index (χ1v) is 19.9. The van der Waals surface area contributed by atoms with Gasteiger partial charge in [-0.15, -0.1) is 0 Å². The average Bonchev–Trinajstić information content (AvgIpc) is 3.82. The summed E-state index contributed by atoms with van der Waals surface area (Å²) >= 11 is 0. The third-order valence-electron chi connectivity index (χ3n) is 12.3. The number of fused-ring (bicyclic) bond motifs is 12. The van der Waals surface area contributed by atoms with Gasteiger partial charge in [0.15, 0.2) is 0 Å². The topological polar surface area (TPSA) is 19.6 Å². The van der Waals surface area contributed by atoms with E-state index in [0.29, 0.717) is 0 Å². The molecule has 0 saturated heterocycles. The van der Waals surface area contributed by atoms with E-state index in [1.807, 2.05) is 12.1 Å². The molecule has 0 saturated carbocycles. The van der Waals surface area contributed by atoms with Crippen LogP contribution in [0.15, 0.2) is 223 Å². The van der Waals surface area contributed by atoms with E-state index in [9.17, 15) is 0 Å². The molecule has 0 N–H and O–H groups in total. The van der Waals surface area contributed by atoms with E-state index >= 15 is 0 Å². The maximum Gasteiger partial charge on any atom is 0.135 e. The maximum atomic E-state index is 6.34. The van der Waals surface area contributed by atoms with E-state index in [4.69, 9.17) is 4.42 Å². The number of para-hydroxylation sites is 4. The van der Waals surface area contributed by atoms with Crippen molar-refractivity contribution in [3.8, 4) is 22.3 Å². The minimum Gasteiger partial charge on any atom is -0.456 e. The molecule has 0 unspecified atom stereocenters. The fourth-order valence-corrected chi connectivity index (χ4v) is 9.89. The lowest BCUT2D eigenvalue weighted by Crippen LogP contribution is -2.36. The highest BCUT2D eigenvalue weighted by molar-refractivity contribution is 6.07. The van der Waals surface area contributed by atoms with Gasteiger partial charge in [0.05, 0.1) is 22.5 Å². The van der Waals surface area contributed by atoms with Gasteiger partial charge in [-0.2, -0.15) is 0 Å². The Morgan fingerprint density at radius 1 is 0.397 bits per heavy atom. The molecule has 3 nitrogen and oxygen atoms in total. The Balaban J connectivity index is 1.14. The maximum absolute atomic E-state index is 6.34. The molecule has 2 heterocycles. The van der Waals surface area contributed by atoms with Crippen LogP contribution in [-0.4, -0.2) is 0 Å². The van der Waals surface area contributed by atoms with Crippen LogP contribution in [0.5, 0.6) is 0 Å². The second-order valence-corrected chi connectivity index (χ2v) is 15.2. The Labute approximate surface area is 337 Å². The van der Waals surface area contributed by atoms with Crippen LogP contribution in [0.4, 0.5) is 34.1 Å². The zero-order chi connectivity index (χ0) is 38.2. The van der Waals surface area contributed by atoms with E-state index in [1.54, 1.807) is 0 Å². The summed E-state index contributed by atoms with van der Waals surface area (Å²) < 4.78 is 6.34. The van der Waals surface area contributed by atoms with Crippen molar-refractivity contribution in [1.82, 2.24) is 0 Å². The monoisotopic (exact) mass is 740 g/mol. The standard InChI is InChI=1S/C55H36N2O/c1-3-16-37(17-4-1)38-30-32-40(33-31-38)56(41-34-35-53-44(36-41)42-20-8-14-29-52(42)58-53)51-28-15-25-48-54(51)43-21-7-9-22-45(43)55(48)46-23-10-12-26-49(46)57(39-18-5-2-6-19-39)50-27-13-11-24-47(50)55/h1-36H. The first-order valence-electron chi connectivity index (χ1n) is 19.9. The smallest absolute Gasteiger partial charge is 0.135 e. The van der Waals surface area contributed by atoms with Crippen molar-refractivity contribution < 1.29 is 4.42 Å². The Hall–Kier alpha value is -7.62. The minimum absolute atomic E-state index is 0.562. The van der Waals surface area contributed by atoms with Gasteiger partial charge in [-0.1, -0.05) is 152 Å². The zero-order valence-corrected chi connectivity index (χ0v) is 31.6. The van der Waals surface area contributed by atoms with E-state index in [1.165, 1.54) is 55.9 Å². The van der Waals surface area contributed by atoms with Gasteiger partial charge in [0.25, 0.3) is 0 Å². The number of nitrogens with zero attached hydrogens (tertiary/aromatic N) is 2. The van der Waals surface area contributed by atoms with Crippen LogP contribution in [0.25, 0.3) is 44.2 Å². The van der Waals surface area contributed by atoms with Gasteiger partial charge in [0.2, 0.25) is 0 Å². The zero-order valence-electron chi connectivity index (χ0n) is 31.6. The van der Waals surface area contributed by atoms with Crippen LogP contribution in [0.3, 0.4) is 0 Å². The van der Waals surface area contributed by atoms with Gasteiger partial charge in [0.1, 0.15) is 11.2 Å². The predicted molar refractivity (Wildman–Crippen MR) is 239 cm³/mol. The first kappa shape index (κ1) is 32.6. The molecule has 3 heteroatoms.